The third kappa shape index (κ3) is 2.74. The Bertz CT molecular complexity index is 410. The van der Waals surface area contributed by atoms with Gasteiger partial charge in [0.2, 0.25) is 0 Å². The predicted molar refractivity (Wildman–Crippen MR) is 66.0 cm³/mol. The highest BCUT2D eigenvalue weighted by Crippen LogP contribution is 2.13. The molecule has 0 amide bonds. The van der Waals surface area contributed by atoms with Gasteiger partial charge < -0.3 is 9.88 Å². The van der Waals surface area contributed by atoms with E-state index in [2.05, 4.69) is 24.9 Å². The van der Waals surface area contributed by atoms with E-state index in [0.29, 0.717) is 11.7 Å². The smallest absolute Gasteiger partial charge is 0.120 e. The Morgan fingerprint density at radius 3 is 2.88 bits per heavy atom. The molecule has 0 radical (unpaired) electrons. The highest BCUT2D eigenvalue weighted by atomic mass is 15.0. The summed E-state index contributed by atoms with van der Waals surface area (Å²) in [6.45, 7) is 8.69. The van der Waals surface area contributed by atoms with E-state index in [1.165, 1.54) is 5.56 Å². The highest BCUT2D eigenvalue weighted by molar-refractivity contribution is 5.34. The van der Waals surface area contributed by atoms with E-state index in [1.54, 1.807) is 0 Å². The molecule has 86 valence electrons. The average Bonchev–Trinajstić information content (AvgIpc) is 2.54. The maximum absolute atomic E-state index is 8.91. The fourth-order valence-electron chi connectivity index (χ4n) is 1.67. The molecule has 3 heteroatoms. The van der Waals surface area contributed by atoms with Gasteiger partial charge in [-0.3, -0.25) is 0 Å². The lowest BCUT2D eigenvalue weighted by atomic mass is 10.2. The van der Waals surface area contributed by atoms with Gasteiger partial charge in [-0.1, -0.05) is 6.08 Å². The van der Waals surface area contributed by atoms with Crippen LogP contribution in [0.15, 0.2) is 18.7 Å². The van der Waals surface area contributed by atoms with E-state index in [-0.39, 0.29) is 0 Å². The summed E-state index contributed by atoms with van der Waals surface area (Å²) in [7, 11) is 1.92. The number of rotatable bonds is 5. The van der Waals surface area contributed by atoms with Crippen molar-refractivity contribution in [2.24, 2.45) is 7.05 Å². The van der Waals surface area contributed by atoms with Crippen molar-refractivity contribution in [1.29, 1.82) is 5.26 Å². The first kappa shape index (κ1) is 12.5. The minimum atomic E-state index is 0.419. The molecule has 1 rings (SSSR count). The van der Waals surface area contributed by atoms with Crippen molar-refractivity contribution in [2.45, 2.75) is 32.9 Å². The van der Waals surface area contributed by atoms with E-state index >= 15 is 0 Å². The largest absolute Gasteiger partial charge is 0.340 e. The molecule has 1 unspecified atom stereocenters. The molecule has 1 heterocycles. The topological polar surface area (TPSA) is 40.8 Å². The predicted octanol–water partition coefficient (Wildman–Crippen LogP) is 2.26. The van der Waals surface area contributed by atoms with Gasteiger partial charge in [0.1, 0.15) is 11.8 Å². The van der Waals surface area contributed by atoms with Gasteiger partial charge in [0.15, 0.2) is 0 Å². The van der Waals surface area contributed by atoms with Crippen LogP contribution in [0.2, 0.25) is 0 Å². The molecule has 16 heavy (non-hydrogen) atoms. The van der Waals surface area contributed by atoms with Crippen LogP contribution < -0.4 is 5.32 Å². The summed E-state index contributed by atoms with van der Waals surface area (Å²) in [6, 6.07) is 4.55. The number of hydrogen-bond donors (Lipinski definition) is 1. The third-order valence-electron chi connectivity index (χ3n) is 2.92. The Kier molecular flexibility index (Phi) is 4.33. The molecule has 3 nitrogen and oxygen atoms in total. The van der Waals surface area contributed by atoms with Crippen molar-refractivity contribution in [1.82, 2.24) is 9.88 Å². The van der Waals surface area contributed by atoms with Crippen molar-refractivity contribution in [3.63, 3.8) is 0 Å². The first-order valence-corrected chi connectivity index (χ1v) is 5.49. The molecule has 0 saturated heterocycles. The van der Waals surface area contributed by atoms with Crippen LogP contribution in [0.4, 0.5) is 0 Å². The first-order valence-electron chi connectivity index (χ1n) is 5.49. The summed E-state index contributed by atoms with van der Waals surface area (Å²) < 4.78 is 1.93. The van der Waals surface area contributed by atoms with Crippen molar-refractivity contribution >= 4 is 0 Å². The summed E-state index contributed by atoms with van der Waals surface area (Å²) in [5.41, 5.74) is 3.05. The molecule has 0 spiro atoms. The number of nitrogens with zero attached hydrogens (tertiary/aromatic N) is 2. The highest BCUT2D eigenvalue weighted by Gasteiger charge is 2.08. The maximum Gasteiger partial charge on any atom is 0.120 e. The Balaban J connectivity index is 2.68. The second-order valence-electron chi connectivity index (χ2n) is 4.12. The van der Waals surface area contributed by atoms with Gasteiger partial charge in [-0.2, -0.15) is 5.26 Å². The first-order chi connectivity index (χ1) is 7.60. The van der Waals surface area contributed by atoms with Gasteiger partial charge in [0, 0.05) is 25.3 Å². The molecule has 1 aromatic heterocycles. The summed E-state index contributed by atoms with van der Waals surface area (Å²) in [5.74, 6) is 0. The molecule has 1 N–H and O–H groups in total. The van der Waals surface area contributed by atoms with Crippen LogP contribution in [0.3, 0.4) is 0 Å². The van der Waals surface area contributed by atoms with Gasteiger partial charge in [-0.05, 0) is 31.9 Å². The molecule has 1 aromatic rings. The van der Waals surface area contributed by atoms with Crippen LogP contribution in [0.25, 0.3) is 0 Å². The van der Waals surface area contributed by atoms with E-state index < -0.39 is 0 Å². The zero-order chi connectivity index (χ0) is 12.1. The normalized spacial score (nSPS) is 12.1. The van der Waals surface area contributed by atoms with Gasteiger partial charge in [0.25, 0.3) is 0 Å². The Morgan fingerprint density at radius 2 is 2.38 bits per heavy atom. The molecule has 0 fully saturated rings. The fraction of sp³-hybridized carbons (Fsp3) is 0.462. The maximum atomic E-state index is 8.91. The quantitative estimate of drug-likeness (QED) is 0.769. The molecule has 0 aliphatic rings. The molecule has 0 aromatic carbocycles. The van der Waals surface area contributed by atoms with E-state index in [4.69, 9.17) is 5.26 Å². The lowest BCUT2D eigenvalue weighted by molar-refractivity contribution is 0.552. The minimum Gasteiger partial charge on any atom is -0.340 e. The number of nitrogens with one attached hydrogen (secondary N) is 1. The van der Waals surface area contributed by atoms with Crippen LogP contribution in [-0.4, -0.2) is 10.6 Å². The number of hydrogen-bond acceptors (Lipinski definition) is 2. The van der Waals surface area contributed by atoms with Gasteiger partial charge in [0.05, 0.1) is 0 Å². The average molecular weight is 217 g/mol. The second kappa shape index (κ2) is 5.53. The van der Waals surface area contributed by atoms with Crippen molar-refractivity contribution in [3.05, 3.63) is 35.7 Å². The fourth-order valence-corrected chi connectivity index (χ4v) is 1.67. The minimum absolute atomic E-state index is 0.419. The van der Waals surface area contributed by atoms with E-state index in [0.717, 1.165) is 18.7 Å². The standard InChI is InChI=1S/C13H19N3/c1-5-6-10(2)15-9-12-7-13(8-14)16(4)11(12)3/h5,7,10,15H,1,6,9H2,2-4H3. The second-order valence-corrected chi connectivity index (χ2v) is 4.12. The molecule has 0 bridgehead atoms. The van der Waals surface area contributed by atoms with Crippen molar-refractivity contribution < 1.29 is 0 Å². The lowest BCUT2D eigenvalue weighted by Gasteiger charge is -2.11. The van der Waals surface area contributed by atoms with Crippen molar-refractivity contribution in [2.75, 3.05) is 0 Å². The molecule has 0 aliphatic heterocycles. The van der Waals surface area contributed by atoms with E-state index in [9.17, 15) is 0 Å². The Hall–Kier alpha value is -1.53. The van der Waals surface area contributed by atoms with Crippen LogP contribution in [-0.2, 0) is 13.6 Å². The van der Waals surface area contributed by atoms with Gasteiger partial charge >= 0.3 is 0 Å². The summed E-state index contributed by atoms with van der Waals surface area (Å²) >= 11 is 0. The van der Waals surface area contributed by atoms with Gasteiger partial charge in [-0.25, -0.2) is 0 Å². The third-order valence-corrected chi connectivity index (χ3v) is 2.92. The number of aromatic nitrogens is 1. The zero-order valence-corrected chi connectivity index (χ0v) is 10.2. The summed E-state index contributed by atoms with van der Waals surface area (Å²) in [5, 5.41) is 12.3. The molecule has 1 atom stereocenters. The Labute approximate surface area is 97.4 Å². The number of nitriles is 1. The SMILES string of the molecule is C=CCC(C)NCc1cc(C#N)n(C)c1C. The van der Waals surface area contributed by atoms with E-state index in [1.807, 2.05) is 30.7 Å². The zero-order valence-electron chi connectivity index (χ0n) is 10.2. The van der Waals surface area contributed by atoms with Crippen LogP contribution in [0.1, 0.15) is 30.3 Å². The van der Waals surface area contributed by atoms with Crippen LogP contribution >= 0.6 is 0 Å². The molecular formula is C13H19N3. The Morgan fingerprint density at radius 1 is 1.69 bits per heavy atom. The van der Waals surface area contributed by atoms with Crippen LogP contribution in [0, 0.1) is 18.3 Å². The monoisotopic (exact) mass is 217 g/mol. The van der Waals surface area contributed by atoms with Gasteiger partial charge in [-0.15, -0.1) is 6.58 Å². The summed E-state index contributed by atoms with van der Waals surface area (Å²) in [6.07, 6.45) is 2.87. The molecule has 0 saturated carbocycles. The molecule has 0 aliphatic carbocycles. The summed E-state index contributed by atoms with van der Waals surface area (Å²) in [4.78, 5) is 0. The lowest BCUT2D eigenvalue weighted by Crippen LogP contribution is -2.24. The van der Waals surface area contributed by atoms with Crippen LogP contribution in [0.5, 0.6) is 0 Å². The van der Waals surface area contributed by atoms with Crippen molar-refractivity contribution in [3.8, 4) is 6.07 Å². The molecular weight excluding hydrogens is 198 g/mol.